The van der Waals surface area contributed by atoms with Crippen LogP contribution < -0.4 is 10.2 Å². The molecule has 1 aliphatic rings. The van der Waals surface area contributed by atoms with Crippen LogP contribution in [0, 0.1) is 11.6 Å². The lowest BCUT2D eigenvalue weighted by Crippen LogP contribution is -2.46. The number of benzene rings is 2. The SMILES string of the molecule is CCN1CCN(c2ccc(NC(=O)/C=C/c3c(F)cccc3F)cc2)CC1. The Morgan fingerprint density at radius 3 is 2.26 bits per heavy atom. The van der Waals surface area contributed by atoms with Crippen molar-refractivity contribution in [2.45, 2.75) is 6.92 Å². The Morgan fingerprint density at radius 1 is 1.04 bits per heavy atom. The summed E-state index contributed by atoms with van der Waals surface area (Å²) in [5.41, 5.74) is 1.52. The lowest BCUT2D eigenvalue weighted by atomic mass is 10.2. The number of likely N-dealkylation sites (N-methyl/N-ethyl adjacent to an activating group) is 1. The number of nitrogens with one attached hydrogen (secondary N) is 1. The summed E-state index contributed by atoms with van der Waals surface area (Å²) >= 11 is 0. The highest BCUT2D eigenvalue weighted by molar-refractivity contribution is 6.02. The maximum absolute atomic E-state index is 13.6. The number of anilines is 2. The van der Waals surface area contributed by atoms with Gasteiger partial charge in [0.15, 0.2) is 0 Å². The van der Waals surface area contributed by atoms with E-state index in [0.717, 1.165) is 62.7 Å². The molecule has 4 nitrogen and oxygen atoms in total. The first-order valence-corrected chi connectivity index (χ1v) is 9.07. The predicted molar refractivity (Wildman–Crippen MR) is 105 cm³/mol. The standard InChI is InChI=1S/C21H23F2N3O/c1-2-25-12-14-26(15-13-25)17-8-6-16(7-9-17)24-21(27)11-10-18-19(22)4-3-5-20(18)23/h3-11H,2,12-15H2,1H3,(H,24,27)/b11-10+. The molecule has 0 bridgehead atoms. The van der Waals surface area contributed by atoms with Crippen LogP contribution >= 0.6 is 0 Å². The second-order valence-corrected chi connectivity index (χ2v) is 6.43. The number of piperazine rings is 1. The Kier molecular flexibility index (Phi) is 6.19. The number of carbonyl (C=O) groups is 1. The van der Waals surface area contributed by atoms with Gasteiger partial charge in [-0.25, -0.2) is 8.78 Å². The number of amides is 1. The fourth-order valence-electron chi connectivity index (χ4n) is 3.09. The van der Waals surface area contributed by atoms with Gasteiger partial charge in [0.2, 0.25) is 5.91 Å². The molecule has 1 heterocycles. The third-order valence-electron chi connectivity index (χ3n) is 4.72. The van der Waals surface area contributed by atoms with E-state index in [2.05, 4.69) is 22.0 Å². The number of hydrogen-bond acceptors (Lipinski definition) is 3. The quantitative estimate of drug-likeness (QED) is 0.813. The molecule has 27 heavy (non-hydrogen) atoms. The topological polar surface area (TPSA) is 35.6 Å². The van der Waals surface area contributed by atoms with Crippen LogP contribution in [0.4, 0.5) is 20.2 Å². The van der Waals surface area contributed by atoms with Crippen LogP contribution in [0.5, 0.6) is 0 Å². The fourth-order valence-corrected chi connectivity index (χ4v) is 3.09. The van der Waals surface area contributed by atoms with Gasteiger partial charge < -0.3 is 15.1 Å². The van der Waals surface area contributed by atoms with Gasteiger partial charge in [-0.15, -0.1) is 0 Å². The summed E-state index contributed by atoms with van der Waals surface area (Å²) in [7, 11) is 0. The maximum Gasteiger partial charge on any atom is 0.248 e. The van der Waals surface area contributed by atoms with E-state index in [9.17, 15) is 13.6 Å². The normalized spacial score (nSPS) is 15.3. The monoisotopic (exact) mass is 371 g/mol. The summed E-state index contributed by atoms with van der Waals surface area (Å²) in [5, 5.41) is 2.70. The molecule has 2 aromatic carbocycles. The lowest BCUT2D eigenvalue weighted by molar-refractivity contribution is -0.111. The smallest absolute Gasteiger partial charge is 0.248 e. The zero-order valence-electron chi connectivity index (χ0n) is 15.3. The molecule has 2 aromatic rings. The molecule has 0 radical (unpaired) electrons. The first-order valence-electron chi connectivity index (χ1n) is 9.07. The minimum atomic E-state index is -0.702. The Labute approximate surface area is 158 Å². The summed E-state index contributed by atoms with van der Waals surface area (Å²) in [5.74, 6) is -1.85. The second kappa shape index (κ2) is 8.77. The third-order valence-corrected chi connectivity index (χ3v) is 4.72. The zero-order chi connectivity index (χ0) is 19.2. The molecular formula is C21H23F2N3O. The van der Waals surface area contributed by atoms with Gasteiger partial charge in [0, 0.05) is 49.2 Å². The Hall–Kier alpha value is -2.73. The van der Waals surface area contributed by atoms with E-state index in [0.29, 0.717) is 5.69 Å². The molecule has 142 valence electrons. The Balaban J connectivity index is 1.58. The van der Waals surface area contributed by atoms with Crippen molar-refractivity contribution in [3.05, 3.63) is 65.7 Å². The van der Waals surface area contributed by atoms with Gasteiger partial charge in [0.05, 0.1) is 0 Å². The van der Waals surface area contributed by atoms with E-state index in [4.69, 9.17) is 0 Å². The van der Waals surface area contributed by atoms with Gasteiger partial charge in [-0.3, -0.25) is 4.79 Å². The molecule has 0 saturated carbocycles. The number of rotatable bonds is 5. The number of nitrogens with zero attached hydrogens (tertiary/aromatic N) is 2. The van der Waals surface area contributed by atoms with Crippen molar-refractivity contribution in [1.29, 1.82) is 0 Å². The van der Waals surface area contributed by atoms with Gasteiger partial charge >= 0.3 is 0 Å². The number of hydrogen-bond donors (Lipinski definition) is 1. The Morgan fingerprint density at radius 2 is 1.67 bits per heavy atom. The van der Waals surface area contributed by atoms with Crippen molar-refractivity contribution in [2.24, 2.45) is 0 Å². The van der Waals surface area contributed by atoms with Crippen LogP contribution in [0.15, 0.2) is 48.5 Å². The highest BCUT2D eigenvalue weighted by atomic mass is 19.1. The van der Waals surface area contributed by atoms with Crippen molar-refractivity contribution in [3.63, 3.8) is 0 Å². The van der Waals surface area contributed by atoms with E-state index in [-0.39, 0.29) is 5.56 Å². The predicted octanol–water partition coefficient (Wildman–Crippen LogP) is 3.76. The average molecular weight is 371 g/mol. The van der Waals surface area contributed by atoms with E-state index >= 15 is 0 Å². The highest BCUT2D eigenvalue weighted by Crippen LogP contribution is 2.20. The molecule has 1 fully saturated rings. The average Bonchev–Trinajstić information content (AvgIpc) is 2.68. The van der Waals surface area contributed by atoms with Crippen LogP contribution in [0.3, 0.4) is 0 Å². The molecule has 1 N–H and O–H groups in total. The van der Waals surface area contributed by atoms with E-state index in [1.54, 1.807) is 0 Å². The third kappa shape index (κ3) is 4.92. The molecule has 1 saturated heterocycles. The van der Waals surface area contributed by atoms with Crippen LogP contribution in [-0.2, 0) is 4.79 Å². The lowest BCUT2D eigenvalue weighted by Gasteiger charge is -2.35. The molecule has 1 aliphatic heterocycles. The number of halogens is 2. The minimum Gasteiger partial charge on any atom is -0.369 e. The first kappa shape index (κ1) is 19.0. The molecule has 0 aliphatic carbocycles. The van der Waals surface area contributed by atoms with Gasteiger partial charge in [-0.05, 0) is 49.0 Å². The van der Waals surface area contributed by atoms with Crippen molar-refractivity contribution in [2.75, 3.05) is 42.9 Å². The molecule has 3 rings (SSSR count). The first-order chi connectivity index (χ1) is 13.1. The second-order valence-electron chi connectivity index (χ2n) is 6.43. The summed E-state index contributed by atoms with van der Waals surface area (Å²) in [6.45, 7) is 7.30. The Bertz CT molecular complexity index is 792. The van der Waals surface area contributed by atoms with Crippen molar-refractivity contribution >= 4 is 23.4 Å². The molecule has 0 spiro atoms. The van der Waals surface area contributed by atoms with Crippen LogP contribution in [0.2, 0.25) is 0 Å². The molecule has 0 unspecified atom stereocenters. The molecule has 0 aromatic heterocycles. The van der Waals surface area contributed by atoms with Gasteiger partial charge in [-0.1, -0.05) is 13.0 Å². The maximum atomic E-state index is 13.6. The summed E-state index contributed by atoms with van der Waals surface area (Å²) in [6, 6.07) is 11.2. The van der Waals surface area contributed by atoms with Crippen LogP contribution in [0.25, 0.3) is 6.08 Å². The van der Waals surface area contributed by atoms with E-state index < -0.39 is 17.5 Å². The molecule has 0 atom stereocenters. The largest absolute Gasteiger partial charge is 0.369 e. The minimum absolute atomic E-state index is 0.228. The molecule has 6 heteroatoms. The van der Waals surface area contributed by atoms with Crippen LogP contribution in [0.1, 0.15) is 12.5 Å². The summed E-state index contributed by atoms with van der Waals surface area (Å²) in [4.78, 5) is 16.7. The van der Waals surface area contributed by atoms with Crippen LogP contribution in [-0.4, -0.2) is 43.5 Å². The van der Waals surface area contributed by atoms with Crippen molar-refractivity contribution < 1.29 is 13.6 Å². The zero-order valence-corrected chi connectivity index (χ0v) is 15.3. The van der Waals surface area contributed by atoms with Gasteiger partial charge in [-0.2, -0.15) is 0 Å². The van der Waals surface area contributed by atoms with Gasteiger partial charge in [0.1, 0.15) is 11.6 Å². The summed E-state index contributed by atoms with van der Waals surface area (Å²) < 4.78 is 27.1. The van der Waals surface area contributed by atoms with Gasteiger partial charge in [0.25, 0.3) is 0 Å². The fraction of sp³-hybridized carbons (Fsp3) is 0.286. The molecule has 1 amide bonds. The van der Waals surface area contributed by atoms with Crippen molar-refractivity contribution in [3.8, 4) is 0 Å². The highest BCUT2D eigenvalue weighted by Gasteiger charge is 2.15. The van der Waals surface area contributed by atoms with Crippen molar-refractivity contribution in [1.82, 2.24) is 4.90 Å². The van der Waals surface area contributed by atoms with E-state index in [1.165, 1.54) is 6.07 Å². The number of carbonyl (C=O) groups excluding carboxylic acids is 1. The van der Waals surface area contributed by atoms with E-state index in [1.807, 2.05) is 24.3 Å². The molecular weight excluding hydrogens is 348 g/mol. The summed E-state index contributed by atoms with van der Waals surface area (Å²) in [6.07, 6.45) is 2.26.